The van der Waals surface area contributed by atoms with Crippen molar-refractivity contribution in [3.8, 4) is 5.75 Å². The lowest BCUT2D eigenvalue weighted by molar-refractivity contribution is -0.117. The fourth-order valence-electron chi connectivity index (χ4n) is 3.81. The van der Waals surface area contributed by atoms with E-state index in [1.807, 2.05) is 61.2 Å². The van der Waals surface area contributed by atoms with Gasteiger partial charge in [0.2, 0.25) is 0 Å². The van der Waals surface area contributed by atoms with E-state index in [0.29, 0.717) is 5.17 Å². The summed E-state index contributed by atoms with van der Waals surface area (Å²) in [6.45, 7) is 4.06. The van der Waals surface area contributed by atoms with Gasteiger partial charge in [0.25, 0.3) is 5.91 Å². The molecule has 30 heavy (non-hydrogen) atoms. The zero-order valence-electron chi connectivity index (χ0n) is 17.2. The highest BCUT2D eigenvalue weighted by molar-refractivity contribution is 8.16. The minimum Gasteiger partial charge on any atom is -0.497 e. The number of aliphatic imine (C=N–C) groups is 1. The number of thioether (sulfide) groups is 1. The minimum absolute atomic E-state index is 0.0866. The van der Waals surface area contributed by atoms with Crippen LogP contribution in [-0.2, 0) is 21.1 Å². The molecule has 0 aromatic heterocycles. The first-order chi connectivity index (χ1) is 14.3. The molecule has 0 saturated carbocycles. The van der Waals surface area contributed by atoms with Crippen molar-refractivity contribution in [2.45, 2.75) is 31.6 Å². The number of sulfone groups is 1. The number of carbonyl (C=O) groups is 1. The highest BCUT2D eigenvalue weighted by atomic mass is 32.2. The Bertz CT molecular complexity index is 1110. The van der Waals surface area contributed by atoms with E-state index in [4.69, 9.17) is 4.74 Å². The third-order valence-corrected chi connectivity index (χ3v) is 8.78. The molecule has 2 saturated heterocycles. The predicted octanol–water partition coefficient (Wildman–Crippen LogP) is 3.16. The van der Waals surface area contributed by atoms with Gasteiger partial charge in [0.05, 0.1) is 31.1 Å². The maximum absolute atomic E-state index is 12.7. The third-order valence-electron chi connectivity index (χ3n) is 5.57. The van der Waals surface area contributed by atoms with Crippen LogP contribution in [0.1, 0.15) is 16.7 Å². The van der Waals surface area contributed by atoms with Crippen LogP contribution in [0.25, 0.3) is 0 Å². The molecule has 2 aliphatic rings. The third kappa shape index (κ3) is 4.25. The van der Waals surface area contributed by atoms with Crippen molar-refractivity contribution < 1.29 is 17.9 Å². The number of rotatable bonds is 4. The SMILES string of the molecule is COc1ccc(CC(=O)N=C2S[C@@H]3CS(=O)(=O)C[C@@H]3N2c2ccc(C)c(C)c2)cc1. The Hall–Kier alpha value is -2.32. The number of ether oxygens (including phenoxy) is 1. The van der Waals surface area contributed by atoms with Crippen molar-refractivity contribution in [2.24, 2.45) is 4.99 Å². The van der Waals surface area contributed by atoms with Gasteiger partial charge < -0.3 is 9.64 Å². The molecule has 6 nitrogen and oxygen atoms in total. The molecule has 0 unspecified atom stereocenters. The monoisotopic (exact) mass is 444 g/mol. The van der Waals surface area contributed by atoms with Crippen LogP contribution in [0.15, 0.2) is 47.5 Å². The number of fused-ring (bicyclic) bond motifs is 1. The maximum Gasteiger partial charge on any atom is 0.252 e. The van der Waals surface area contributed by atoms with Crippen molar-refractivity contribution in [1.29, 1.82) is 0 Å². The van der Waals surface area contributed by atoms with Gasteiger partial charge in [-0.2, -0.15) is 4.99 Å². The van der Waals surface area contributed by atoms with Crippen molar-refractivity contribution in [3.05, 3.63) is 59.2 Å². The minimum atomic E-state index is -3.09. The fourth-order valence-corrected chi connectivity index (χ4v) is 7.74. The lowest BCUT2D eigenvalue weighted by Gasteiger charge is -2.25. The molecular weight excluding hydrogens is 420 g/mol. The number of hydrogen-bond donors (Lipinski definition) is 0. The molecule has 0 spiro atoms. The Labute approximate surface area is 181 Å². The first kappa shape index (κ1) is 20.9. The second-order valence-corrected chi connectivity index (χ2v) is 11.1. The molecular formula is C22H24N2O4S2. The fraction of sp³-hybridized carbons (Fsp3) is 0.364. The van der Waals surface area contributed by atoms with Crippen LogP contribution in [-0.4, -0.2) is 49.4 Å². The number of aryl methyl sites for hydroxylation is 2. The molecule has 2 atom stereocenters. The van der Waals surface area contributed by atoms with Gasteiger partial charge in [-0.3, -0.25) is 4.79 Å². The van der Waals surface area contributed by atoms with Gasteiger partial charge in [-0.25, -0.2) is 8.42 Å². The summed E-state index contributed by atoms with van der Waals surface area (Å²) >= 11 is 1.40. The van der Waals surface area contributed by atoms with Gasteiger partial charge >= 0.3 is 0 Å². The Morgan fingerprint density at radius 2 is 1.87 bits per heavy atom. The molecule has 1 amide bonds. The van der Waals surface area contributed by atoms with Crippen LogP contribution < -0.4 is 9.64 Å². The van der Waals surface area contributed by atoms with Crippen LogP contribution in [0.4, 0.5) is 5.69 Å². The van der Waals surface area contributed by atoms with Gasteiger partial charge in [0.15, 0.2) is 15.0 Å². The molecule has 2 aliphatic heterocycles. The average Bonchev–Trinajstić information content (AvgIpc) is 3.15. The van der Waals surface area contributed by atoms with E-state index in [-0.39, 0.29) is 35.1 Å². The summed E-state index contributed by atoms with van der Waals surface area (Å²) in [5.74, 6) is 0.691. The highest BCUT2D eigenvalue weighted by Gasteiger charge is 2.49. The molecule has 8 heteroatoms. The largest absolute Gasteiger partial charge is 0.497 e. The van der Waals surface area contributed by atoms with Crippen molar-refractivity contribution in [3.63, 3.8) is 0 Å². The van der Waals surface area contributed by atoms with Crippen molar-refractivity contribution in [1.82, 2.24) is 0 Å². The van der Waals surface area contributed by atoms with E-state index in [1.165, 1.54) is 11.8 Å². The second-order valence-electron chi connectivity index (χ2n) is 7.75. The average molecular weight is 445 g/mol. The zero-order chi connectivity index (χ0) is 21.5. The molecule has 0 bridgehead atoms. The number of nitrogens with zero attached hydrogens (tertiary/aromatic N) is 2. The standard InChI is InChI=1S/C22H24N2O4S2/c1-14-4-7-17(10-15(14)2)24-19-12-30(26,27)13-20(19)29-22(24)23-21(25)11-16-5-8-18(28-3)9-6-16/h4-10,19-20H,11-13H2,1-3H3/t19-,20+/m0/s1. The summed E-state index contributed by atoms with van der Waals surface area (Å²) in [7, 11) is -1.49. The van der Waals surface area contributed by atoms with E-state index in [2.05, 4.69) is 4.99 Å². The van der Waals surface area contributed by atoms with Gasteiger partial charge in [0.1, 0.15) is 5.75 Å². The van der Waals surface area contributed by atoms with E-state index in [0.717, 1.165) is 28.1 Å². The quantitative estimate of drug-likeness (QED) is 0.721. The normalized spacial score (nSPS) is 23.6. The topological polar surface area (TPSA) is 76.0 Å². The first-order valence-corrected chi connectivity index (χ1v) is 12.4. The molecule has 4 rings (SSSR count). The molecule has 2 aromatic rings. The predicted molar refractivity (Wildman–Crippen MR) is 121 cm³/mol. The summed E-state index contributed by atoms with van der Waals surface area (Å²) in [5, 5.41) is 0.478. The molecule has 2 heterocycles. The smallest absolute Gasteiger partial charge is 0.252 e. The van der Waals surface area contributed by atoms with Crippen LogP contribution >= 0.6 is 11.8 Å². The number of hydrogen-bond acceptors (Lipinski definition) is 5. The number of amidine groups is 1. The number of amides is 1. The Balaban J connectivity index is 1.62. The molecule has 0 aliphatic carbocycles. The van der Waals surface area contributed by atoms with Crippen molar-refractivity contribution >= 4 is 38.4 Å². The zero-order valence-corrected chi connectivity index (χ0v) is 18.8. The van der Waals surface area contributed by atoms with E-state index >= 15 is 0 Å². The summed E-state index contributed by atoms with van der Waals surface area (Å²) in [4.78, 5) is 19.0. The summed E-state index contributed by atoms with van der Waals surface area (Å²) in [5.41, 5.74) is 4.01. The molecule has 2 fully saturated rings. The first-order valence-electron chi connectivity index (χ1n) is 9.74. The Morgan fingerprint density at radius 1 is 1.13 bits per heavy atom. The van der Waals surface area contributed by atoms with E-state index in [1.54, 1.807) is 7.11 Å². The van der Waals surface area contributed by atoms with Gasteiger partial charge in [-0.15, -0.1) is 0 Å². The van der Waals surface area contributed by atoms with Crippen LogP contribution in [0.5, 0.6) is 5.75 Å². The van der Waals surface area contributed by atoms with Gasteiger partial charge in [-0.05, 0) is 54.8 Å². The highest BCUT2D eigenvalue weighted by Crippen LogP contribution is 2.41. The number of benzene rings is 2. The number of anilines is 1. The van der Waals surface area contributed by atoms with E-state index in [9.17, 15) is 13.2 Å². The van der Waals surface area contributed by atoms with Crippen LogP contribution in [0.2, 0.25) is 0 Å². The van der Waals surface area contributed by atoms with Crippen molar-refractivity contribution in [2.75, 3.05) is 23.5 Å². The molecule has 0 N–H and O–H groups in total. The molecule has 158 valence electrons. The Kier molecular flexibility index (Phi) is 5.63. The lowest BCUT2D eigenvalue weighted by atomic mass is 10.1. The number of carbonyl (C=O) groups excluding carboxylic acids is 1. The second kappa shape index (κ2) is 8.07. The van der Waals surface area contributed by atoms with E-state index < -0.39 is 9.84 Å². The molecule has 0 radical (unpaired) electrons. The summed E-state index contributed by atoms with van der Waals surface area (Å²) in [6, 6.07) is 13.2. The van der Waals surface area contributed by atoms with Crippen LogP contribution in [0.3, 0.4) is 0 Å². The lowest BCUT2D eigenvalue weighted by Crippen LogP contribution is -2.37. The maximum atomic E-state index is 12.7. The van der Waals surface area contributed by atoms with Gasteiger partial charge in [0, 0.05) is 10.9 Å². The number of methoxy groups -OCH3 is 1. The van der Waals surface area contributed by atoms with Crippen LogP contribution in [0, 0.1) is 13.8 Å². The summed E-state index contributed by atoms with van der Waals surface area (Å²) < 4.78 is 29.6. The Morgan fingerprint density at radius 3 is 2.53 bits per heavy atom. The summed E-state index contributed by atoms with van der Waals surface area (Å²) in [6.07, 6.45) is 0.183. The molecule has 2 aromatic carbocycles. The van der Waals surface area contributed by atoms with Gasteiger partial charge in [-0.1, -0.05) is 30.0 Å².